The van der Waals surface area contributed by atoms with E-state index in [1.54, 1.807) is 37.3 Å². The molecule has 118 valence electrons. The fraction of sp³-hybridized carbons (Fsp3) is 0.111. The SMILES string of the molecule is CCOC(=O)c1ccc(NC(=O)/C(Br)=C/c2ccccc2)cc1. The number of nitrogens with one attached hydrogen (secondary N) is 1. The van der Waals surface area contributed by atoms with Crippen molar-refractivity contribution in [3.8, 4) is 0 Å². The normalized spacial score (nSPS) is 11.0. The number of halogens is 1. The second kappa shape index (κ2) is 8.29. The Bertz CT molecular complexity index is 709. The van der Waals surface area contributed by atoms with Crippen molar-refractivity contribution in [1.29, 1.82) is 0 Å². The van der Waals surface area contributed by atoms with E-state index in [9.17, 15) is 9.59 Å². The van der Waals surface area contributed by atoms with Gasteiger partial charge >= 0.3 is 5.97 Å². The summed E-state index contributed by atoms with van der Waals surface area (Å²) in [4.78, 5) is 23.7. The lowest BCUT2D eigenvalue weighted by atomic mass is 10.2. The number of anilines is 1. The van der Waals surface area contributed by atoms with E-state index in [1.165, 1.54) is 0 Å². The molecule has 0 aliphatic rings. The Morgan fingerprint density at radius 1 is 1.09 bits per heavy atom. The molecule has 23 heavy (non-hydrogen) atoms. The van der Waals surface area contributed by atoms with Gasteiger partial charge in [-0.25, -0.2) is 4.79 Å². The standard InChI is InChI=1S/C18H16BrNO3/c1-2-23-18(22)14-8-10-15(11-9-14)20-17(21)16(19)12-13-6-4-3-5-7-13/h3-12H,2H2,1H3,(H,20,21)/b16-12-. The maximum absolute atomic E-state index is 12.1. The molecule has 0 spiro atoms. The largest absolute Gasteiger partial charge is 0.462 e. The molecular weight excluding hydrogens is 358 g/mol. The number of ether oxygens (including phenoxy) is 1. The van der Waals surface area contributed by atoms with Gasteiger partial charge in [-0.15, -0.1) is 0 Å². The first-order valence-electron chi connectivity index (χ1n) is 7.11. The van der Waals surface area contributed by atoms with Crippen molar-refractivity contribution in [2.45, 2.75) is 6.92 Å². The lowest BCUT2D eigenvalue weighted by molar-refractivity contribution is -0.112. The number of esters is 1. The molecule has 0 saturated heterocycles. The predicted octanol–water partition coefficient (Wildman–Crippen LogP) is 4.24. The summed E-state index contributed by atoms with van der Waals surface area (Å²) >= 11 is 3.27. The molecule has 1 amide bonds. The predicted molar refractivity (Wildman–Crippen MR) is 94.4 cm³/mol. The number of carbonyl (C=O) groups excluding carboxylic acids is 2. The van der Waals surface area contributed by atoms with Crippen molar-refractivity contribution < 1.29 is 14.3 Å². The Hall–Kier alpha value is -2.40. The maximum Gasteiger partial charge on any atom is 0.338 e. The molecule has 1 N–H and O–H groups in total. The molecular formula is C18H16BrNO3. The van der Waals surface area contributed by atoms with Crippen LogP contribution in [0, 0.1) is 0 Å². The third-order valence-corrected chi connectivity index (χ3v) is 3.55. The molecule has 2 aromatic rings. The maximum atomic E-state index is 12.1. The van der Waals surface area contributed by atoms with Crippen LogP contribution in [0.2, 0.25) is 0 Å². The summed E-state index contributed by atoms with van der Waals surface area (Å²) in [6.07, 6.45) is 1.74. The summed E-state index contributed by atoms with van der Waals surface area (Å²) in [6, 6.07) is 16.1. The van der Waals surface area contributed by atoms with E-state index in [1.807, 2.05) is 30.3 Å². The number of carbonyl (C=O) groups is 2. The van der Waals surface area contributed by atoms with Gasteiger partial charge in [-0.1, -0.05) is 30.3 Å². The summed E-state index contributed by atoms with van der Waals surface area (Å²) in [5, 5.41) is 2.75. The molecule has 0 bridgehead atoms. The Labute approximate surface area is 143 Å². The van der Waals surface area contributed by atoms with Gasteiger partial charge in [-0.3, -0.25) is 4.79 Å². The van der Waals surface area contributed by atoms with Crippen LogP contribution in [0.3, 0.4) is 0 Å². The second-order valence-electron chi connectivity index (χ2n) is 4.65. The first kappa shape index (κ1) is 17.0. The second-order valence-corrected chi connectivity index (χ2v) is 5.51. The first-order chi connectivity index (χ1) is 11.1. The average molecular weight is 374 g/mol. The van der Waals surface area contributed by atoms with Crippen LogP contribution in [0.25, 0.3) is 6.08 Å². The van der Waals surface area contributed by atoms with E-state index in [2.05, 4.69) is 21.2 Å². The molecule has 2 rings (SSSR count). The zero-order valence-corrected chi connectivity index (χ0v) is 14.2. The molecule has 0 aliphatic carbocycles. The van der Waals surface area contributed by atoms with Gasteiger partial charge in [0.2, 0.25) is 0 Å². The lowest BCUT2D eigenvalue weighted by Gasteiger charge is -2.06. The lowest BCUT2D eigenvalue weighted by Crippen LogP contribution is -2.11. The number of benzene rings is 2. The molecule has 5 heteroatoms. The number of hydrogen-bond donors (Lipinski definition) is 1. The number of amides is 1. The van der Waals surface area contributed by atoms with Crippen molar-refractivity contribution in [2.24, 2.45) is 0 Å². The molecule has 4 nitrogen and oxygen atoms in total. The van der Waals surface area contributed by atoms with Crippen LogP contribution in [0.4, 0.5) is 5.69 Å². The third-order valence-electron chi connectivity index (χ3n) is 2.96. The monoisotopic (exact) mass is 373 g/mol. The minimum absolute atomic E-state index is 0.266. The van der Waals surface area contributed by atoms with Gasteiger partial charge < -0.3 is 10.1 Å². The topological polar surface area (TPSA) is 55.4 Å². The zero-order valence-electron chi connectivity index (χ0n) is 12.6. The molecule has 0 aromatic heterocycles. The fourth-order valence-electron chi connectivity index (χ4n) is 1.86. The van der Waals surface area contributed by atoms with Gasteiger partial charge in [0.1, 0.15) is 0 Å². The van der Waals surface area contributed by atoms with Gasteiger partial charge in [0, 0.05) is 5.69 Å². The van der Waals surface area contributed by atoms with Crippen LogP contribution in [0.5, 0.6) is 0 Å². The van der Waals surface area contributed by atoms with Crippen molar-refractivity contribution in [2.75, 3.05) is 11.9 Å². The van der Waals surface area contributed by atoms with Crippen molar-refractivity contribution in [3.05, 3.63) is 70.2 Å². The Balaban J connectivity index is 2.02. The first-order valence-corrected chi connectivity index (χ1v) is 7.90. The third kappa shape index (κ3) is 5.07. The highest BCUT2D eigenvalue weighted by Gasteiger charge is 2.09. The molecule has 0 atom stereocenters. The highest BCUT2D eigenvalue weighted by atomic mass is 79.9. The van der Waals surface area contributed by atoms with Crippen molar-refractivity contribution in [1.82, 2.24) is 0 Å². The Kier molecular flexibility index (Phi) is 6.11. The molecule has 2 aromatic carbocycles. The summed E-state index contributed by atoms with van der Waals surface area (Å²) < 4.78 is 5.33. The zero-order chi connectivity index (χ0) is 16.7. The van der Waals surface area contributed by atoms with Gasteiger partial charge in [-0.2, -0.15) is 0 Å². The minimum atomic E-state index is -0.379. The summed E-state index contributed by atoms with van der Waals surface area (Å²) in [6.45, 7) is 2.08. The van der Waals surface area contributed by atoms with E-state index < -0.39 is 0 Å². The molecule has 0 unspecified atom stereocenters. The highest BCUT2D eigenvalue weighted by molar-refractivity contribution is 9.12. The molecule has 0 fully saturated rings. The van der Waals surface area contributed by atoms with E-state index in [-0.39, 0.29) is 11.9 Å². The highest BCUT2D eigenvalue weighted by Crippen LogP contribution is 2.16. The van der Waals surface area contributed by atoms with Crippen molar-refractivity contribution >= 4 is 39.6 Å². The van der Waals surface area contributed by atoms with Crippen LogP contribution >= 0.6 is 15.9 Å². The van der Waals surface area contributed by atoms with E-state index in [0.717, 1.165) is 5.56 Å². The van der Waals surface area contributed by atoms with Gasteiger partial charge in [0.05, 0.1) is 16.7 Å². The summed E-state index contributed by atoms with van der Waals surface area (Å²) in [7, 11) is 0. The minimum Gasteiger partial charge on any atom is -0.462 e. The van der Waals surface area contributed by atoms with E-state index >= 15 is 0 Å². The fourth-order valence-corrected chi connectivity index (χ4v) is 2.22. The Morgan fingerprint density at radius 3 is 2.35 bits per heavy atom. The number of rotatable bonds is 5. The summed E-state index contributed by atoms with van der Waals surface area (Å²) in [5.74, 6) is -0.645. The average Bonchev–Trinajstić information content (AvgIpc) is 2.56. The van der Waals surface area contributed by atoms with Crippen LogP contribution in [0.1, 0.15) is 22.8 Å². The number of hydrogen-bond acceptors (Lipinski definition) is 3. The van der Waals surface area contributed by atoms with Gasteiger partial charge in [0.15, 0.2) is 0 Å². The van der Waals surface area contributed by atoms with Crippen molar-refractivity contribution in [3.63, 3.8) is 0 Å². The van der Waals surface area contributed by atoms with Crippen LogP contribution < -0.4 is 5.32 Å². The van der Waals surface area contributed by atoms with Gasteiger partial charge in [0.25, 0.3) is 5.91 Å². The quantitative estimate of drug-likeness (QED) is 0.629. The van der Waals surface area contributed by atoms with Crippen LogP contribution in [-0.2, 0) is 9.53 Å². The molecule has 0 saturated carbocycles. The molecule has 0 heterocycles. The Morgan fingerprint density at radius 2 is 1.74 bits per heavy atom. The van der Waals surface area contributed by atoms with Crippen LogP contribution in [0.15, 0.2) is 59.1 Å². The summed E-state index contributed by atoms with van der Waals surface area (Å²) in [5.41, 5.74) is 1.97. The van der Waals surface area contributed by atoms with E-state index in [0.29, 0.717) is 22.3 Å². The van der Waals surface area contributed by atoms with Gasteiger partial charge in [-0.05, 0) is 58.8 Å². The van der Waals surface area contributed by atoms with Crippen LogP contribution in [-0.4, -0.2) is 18.5 Å². The molecule has 0 aliphatic heterocycles. The van der Waals surface area contributed by atoms with E-state index in [4.69, 9.17) is 4.74 Å². The smallest absolute Gasteiger partial charge is 0.338 e. The molecule has 0 radical (unpaired) electrons.